The van der Waals surface area contributed by atoms with Crippen molar-refractivity contribution < 1.29 is 27.8 Å². The monoisotopic (exact) mass is 338 g/mol. The molecule has 8 heteroatoms. The number of aromatic nitrogens is 2. The minimum Gasteiger partial charge on any atom is -0.493 e. The Morgan fingerprint density at radius 2 is 2.12 bits per heavy atom. The van der Waals surface area contributed by atoms with Crippen molar-refractivity contribution in [2.24, 2.45) is 0 Å². The molecular weight excluding hydrogens is 322 g/mol. The van der Waals surface area contributed by atoms with Crippen molar-refractivity contribution >= 4 is 12.0 Å². The highest BCUT2D eigenvalue weighted by Gasteiger charge is 2.13. The topological polar surface area (TPSA) is 62.6 Å². The van der Waals surface area contributed by atoms with E-state index in [2.05, 4.69) is 9.72 Å². The molecule has 1 heterocycles. The molecule has 0 saturated carbocycles. The molecule has 0 saturated heterocycles. The van der Waals surface area contributed by atoms with Crippen LogP contribution in [0.4, 0.5) is 8.78 Å². The highest BCUT2D eigenvalue weighted by Crippen LogP contribution is 2.29. The quantitative estimate of drug-likeness (QED) is 0.573. The number of hydrogen-bond donors (Lipinski definition) is 0. The van der Waals surface area contributed by atoms with E-state index in [-0.39, 0.29) is 12.4 Å². The van der Waals surface area contributed by atoms with Crippen LogP contribution in [-0.4, -0.2) is 29.7 Å². The Hall–Kier alpha value is -2.90. The summed E-state index contributed by atoms with van der Waals surface area (Å²) in [6, 6.07) is 4.96. The molecule has 0 aliphatic carbocycles. The molecule has 0 bridgehead atoms. The van der Waals surface area contributed by atoms with Crippen LogP contribution in [0.2, 0.25) is 0 Å². The van der Waals surface area contributed by atoms with Crippen LogP contribution in [0.5, 0.6) is 11.5 Å². The summed E-state index contributed by atoms with van der Waals surface area (Å²) in [5.74, 6) is 0.392. The Bertz CT molecular complexity index is 729. The van der Waals surface area contributed by atoms with Crippen LogP contribution in [0.25, 0.3) is 6.08 Å². The molecule has 0 N–H and O–H groups in total. The van der Waals surface area contributed by atoms with Crippen LogP contribution in [0.3, 0.4) is 0 Å². The van der Waals surface area contributed by atoms with Crippen molar-refractivity contribution in [3.8, 4) is 11.5 Å². The van der Waals surface area contributed by atoms with Gasteiger partial charge in [-0.25, -0.2) is 9.78 Å². The smallest absolute Gasteiger partial charge is 0.330 e. The van der Waals surface area contributed by atoms with Crippen LogP contribution in [-0.2, 0) is 16.1 Å². The molecule has 0 amide bonds. The Balaban J connectivity index is 2.11. The number of ether oxygens (including phenoxy) is 3. The van der Waals surface area contributed by atoms with Crippen LogP contribution >= 0.6 is 0 Å². The fraction of sp³-hybridized carbons (Fsp3) is 0.250. The van der Waals surface area contributed by atoms with Gasteiger partial charge >= 0.3 is 12.5 Å². The molecule has 128 valence electrons. The number of benzene rings is 1. The Morgan fingerprint density at radius 3 is 2.79 bits per heavy atom. The summed E-state index contributed by atoms with van der Waals surface area (Å²) < 4.78 is 41.5. The summed E-state index contributed by atoms with van der Waals surface area (Å²) in [7, 11) is 2.74. The van der Waals surface area contributed by atoms with Crippen molar-refractivity contribution in [1.82, 2.24) is 9.55 Å². The van der Waals surface area contributed by atoms with Gasteiger partial charge in [0.05, 0.1) is 14.2 Å². The number of esters is 1. The third kappa shape index (κ3) is 4.31. The van der Waals surface area contributed by atoms with Crippen LogP contribution < -0.4 is 9.47 Å². The molecular formula is C16H16F2N2O4. The number of carbonyl (C=O) groups is 1. The molecule has 1 aromatic carbocycles. The maximum atomic E-state index is 12.8. The number of hydrogen-bond acceptors (Lipinski definition) is 5. The van der Waals surface area contributed by atoms with Gasteiger partial charge in [0.25, 0.3) is 0 Å². The third-order valence-corrected chi connectivity index (χ3v) is 3.12. The van der Waals surface area contributed by atoms with Gasteiger partial charge in [0, 0.05) is 18.5 Å². The van der Waals surface area contributed by atoms with Gasteiger partial charge in [0.2, 0.25) is 0 Å². The zero-order chi connectivity index (χ0) is 17.5. The van der Waals surface area contributed by atoms with E-state index in [1.165, 1.54) is 32.7 Å². The molecule has 0 spiro atoms. The zero-order valence-electron chi connectivity index (χ0n) is 13.1. The van der Waals surface area contributed by atoms with Crippen molar-refractivity contribution in [2.75, 3.05) is 14.2 Å². The lowest BCUT2D eigenvalue weighted by Crippen LogP contribution is -2.07. The van der Waals surface area contributed by atoms with E-state index in [9.17, 15) is 13.6 Å². The highest BCUT2D eigenvalue weighted by atomic mass is 19.3. The first-order chi connectivity index (χ1) is 11.5. The molecule has 2 rings (SSSR count). The van der Waals surface area contributed by atoms with Gasteiger partial charge in [0.15, 0.2) is 17.3 Å². The minimum atomic E-state index is -2.68. The fourth-order valence-electron chi connectivity index (χ4n) is 1.92. The molecule has 0 radical (unpaired) electrons. The number of nitrogens with zero attached hydrogens (tertiary/aromatic N) is 2. The van der Waals surface area contributed by atoms with E-state index >= 15 is 0 Å². The van der Waals surface area contributed by atoms with Crippen molar-refractivity contribution in [2.45, 2.75) is 13.2 Å². The SMILES string of the molecule is COC(=O)/C=C/c1ccc(OCc2nccn2C(F)F)c(OC)c1. The van der Waals surface area contributed by atoms with Crippen molar-refractivity contribution in [1.29, 1.82) is 0 Å². The second kappa shape index (κ2) is 8.09. The number of imidazole rings is 1. The summed E-state index contributed by atoms with van der Waals surface area (Å²) in [6.07, 6.45) is 5.29. The van der Waals surface area contributed by atoms with Gasteiger partial charge in [-0.1, -0.05) is 6.07 Å². The van der Waals surface area contributed by atoms with Crippen LogP contribution in [0, 0.1) is 0 Å². The van der Waals surface area contributed by atoms with Gasteiger partial charge in [-0.05, 0) is 23.8 Å². The molecule has 24 heavy (non-hydrogen) atoms. The third-order valence-electron chi connectivity index (χ3n) is 3.12. The van der Waals surface area contributed by atoms with Gasteiger partial charge < -0.3 is 14.2 Å². The summed E-state index contributed by atoms with van der Waals surface area (Å²) >= 11 is 0. The van der Waals surface area contributed by atoms with Gasteiger partial charge in [0.1, 0.15) is 6.61 Å². The maximum Gasteiger partial charge on any atom is 0.330 e. The Kier molecular flexibility index (Phi) is 5.89. The number of rotatable bonds is 7. The van der Waals surface area contributed by atoms with Gasteiger partial charge in [-0.3, -0.25) is 4.57 Å². The predicted octanol–water partition coefficient (Wildman–Crippen LogP) is 3.05. The largest absolute Gasteiger partial charge is 0.493 e. The Morgan fingerprint density at radius 1 is 1.33 bits per heavy atom. The van der Waals surface area contributed by atoms with Crippen molar-refractivity contribution in [3.63, 3.8) is 0 Å². The average Bonchev–Trinajstić information content (AvgIpc) is 3.06. The summed E-state index contributed by atoms with van der Waals surface area (Å²) in [5.41, 5.74) is 0.693. The lowest BCUT2D eigenvalue weighted by Gasteiger charge is -2.12. The first-order valence-corrected chi connectivity index (χ1v) is 6.92. The number of carbonyl (C=O) groups excluding carboxylic acids is 1. The molecule has 0 aliphatic rings. The zero-order valence-corrected chi connectivity index (χ0v) is 13.1. The lowest BCUT2D eigenvalue weighted by atomic mass is 10.2. The molecule has 0 aliphatic heterocycles. The molecule has 0 atom stereocenters. The van der Waals surface area contributed by atoms with E-state index in [0.717, 1.165) is 4.57 Å². The molecule has 1 aromatic heterocycles. The maximum absolute atomic E-state index is 12.8. The number of halogens is 2. The van der Waals surface area contributed by atoms with E-state index in [1.54, 1.807) is 24.3 Å². The van der Waals surface area contributed by atoms with Crippen molar-refractivity contribution in [3.05, 3.63) is 48.1 Å². The predicted molar refractivity (Wildman–Crippen MR) is 81.9 cm³/mol. The highest BCUT2D eigenvalue weighted by molar-refractivity contribution is 5.87. The normalized spacial score (nSPS) is 11.0. The molecule has 0 unspecified atom stereocenters. The second-order valence-electron chi connectivity index (χ2n) is 4.58. The first-order valence-electron chi connectivity index (χ1n) is 6.92. The standard InChI is InChI=1S/C16H16F2N2O4/c1-22-13-9-11(4-6-15(21)23-2)3-5-12(13)24-10-14-19-7-8-20(14)16(17)18/h3-9,16H,10H2,1-2H3/b6-4+. The van der Waals surface area contributed by atoms with Gasteiger partial charge in [-0.15, -0.1) is 0 Å². The second-order valence-corrected chi connectivity index (χ2v) is 4.58. The van der Waals surface area contributed by atoms with Crippen LogP contribution in [0.1, 0.15) is 17.9 Å². The molecule has 0 fully saturated rings. The van der Waals surface area contributed by atoms with E-state index in [0.29, 0.717) is 17.1 Å². The van der Waals surface area contributed by atoms with E-state index in [4.69, 9.17) is 9.47 Å². The summed E-state index contributed by atoms with van der Waals surface area (Å²) in [5, 5.41) is 0. The first kappa shape index (κ1) is 17.5. The van der Waals surface area contributed by atoms with Gasteiger partial charge in [-0.2, -0.15) is 8.78 Å². The summed E-state index contributed by atoms with van der Waals surface area (Å²) in [6.45, 7) is -2.82. The van der Waals surface area contributed by atoms with Crippen LogP contribution in [0.15, 0.2) is 36.7 Å². The fourth-order valence-corrected chi connectivity index (χ4v) is 1.92. The number of alkyl halides is 2. The minimum absolute atomic E-state index is 0.0988. The van der Waals surface area contributed by atoms with E-state index in [1.807, 2.05) is 0 Å². The lowest BCUT2D eigenvalue weighted by molar-refractivity contribution is -0.134. The average molecular weight is 338 g/mol. The Labute approximate surface area is 137 Å². The molecule has 2 aromatic rings. The van der Waals surface area contributed by atoms with E-state index < -0.39 is 12.5 Å². The molecule has 6 nitrogen and oxygen atoms in total. The summed E-state index contributed by atoms with van der Waals surface area (Å²) in [4.78, 5) is 14.9. The number of methoxy groups -OCH3 is 2.